The molecule has 108 valence electrons. The summed E-state index contributed by atoms with van der Waals surface area (Å²) in [5, 5.41) is 0. The first-order chi connectivity index (χ1) is 9.33. The van der Waals surface area contributed by atoms with Crippen molar-refractivity contribution in [2.24, 2.45) is 21.8 Å². The summed E-state index contributed by atoms with van der Waals surface area (Å²) in [4.78, 5) is 8.39. The van der Waals surface area contributed by atoms with Crippen molar-refractivity contribution in [2.75, 3.05) is 26.3 Å². The van der Waals surface area contributed by atoms with E-state index in [1.54, 1.807) is 0 Å². The van der Waals surface area contributed by atoms with Crippen LogP contribution in [0.5, 0.6) is 0 Å². The van der Waals surface area contributed by atoms with Gasteiger partial charge in [-0.05, 0) is 19.6 Å². The molecular weight excluding hydrogens is 240 g/mol. The van der Waals surface area contributed by atoms with Gasteiger partial charge in [-0.2, -0.15) is 0 Å². The predicted molar refractivity (Wildman–Crippen MR) is 78.4 cm³/mol. The van der Waals surface area contributed by atoms with Gasteiger partial charge in [0.05, 0.1) is 25.4 Å². The maximum absolute atomic E-state index is 5.79. The molecule has 4 atom stereocenters. The van der Waals surface area contributed by atoms with Gasteiger partial charge in [0, 0.05) is 31.1 Å². The largest absolute Gasteiger partial charge is 0.374 e. The second-order valence-corrected chi connectivity index (χ2v) is 5.65. The molecule has 2 unspecified atom stereocenters. The molecule has 2 saturated heterocycles. The van der Waals surface area contributed by atoms with Crippen LogP contribution in [0.3, 0.4) is 0 Å². The smallest absolute Gasteiger partial charge is 0.0939 e. The van der Waals surface area contributed by atoms with Gasteiger partial charge in [0.2, 0.25) is 0 Å². The summed E-state index contributed by atoms with van der Waals surface area (Å²) in [6.07, 6.45) is 7.38. The van der Waals surface area contributed by atoms with E-state index in [-0.39, 0.29) is 6.10 Å². The van der Waals surface area contributed by atoms with E-state index in [4.69, 9.17) is 9.47 Å². The third-order valence-electron chi connectivity index (χ3n) is 3.99. The summed E-state index contributed by atoms with van der Waals surface area (Å²) in [6, 6.07) is 0. The van der Waals surface area contributed by atoms with Gasteiger partial charge in [-0.15, -0.1) is 0 Å². The van der Waals surface area contributed by atoms with Gasteiger partial charge in [-0.3, -0.25) is 4.99 Å². The molecule has 0 aromatic carbocycles. The summed E-state index contributed by atoms with van der Waals surface area (Å²) in [5.41, 5.74) is 0. The zero-order chi connectivity index (χ0) is 13.5. The Hall–Kier alpha value is -0.740. The van der Waals surface area contributed by atoms with E-state index in [9.17, 15) is 0 Å². The molecule has 19 heavy (non-hydrogen) atoms. The van der Waals surface area contributed by atoms with Crippen molar-refractivity contribution >= 4 is 12.9 Å². The molecular formula is C15H26N2O2. The lowest BCUT2D eigenvalue weighted by Gasteiger charge is -2.11. The minimum absolute atomic E-state index is 0.248. The van der Waals surface area contributed by atoms with Crippen molar-refractivity contribution in [3.05, 3.63) is 0 Å². The van der Waals surface area contributed by atoms with E-state index in [2.05, 4.69) is 29.8 Å². The van der Waals surface area contributed by atoms with E-state index in [0.29, 0.717) is 17.9 Å². The number of ether oxygens (including phenoxy) is 2. The minimum atomic E-state index is 0.248. The molecule has 2 fully saturated rings. The molecule has 0 N–H and O–H groups in total. The highest BCUT2D eigenvalue weighted by Crippen LogP contribution is 2.33. The highest BCUT2D eigenvalue weighted by atomic mass is 16.6. The molecule has 2 rings (SSSR count). The highest BCUT2D eigenvalue weighted by Gasteiger charge is 2.44. The van der Waals surface area contributed by atoms with Crippen molar-refractivity contribution in [2.45, 2.75) is 44.8 Å². The predicted octanol–water partition coefficient (Wildman–Crippen LogP) is 2.37. The van der Waals surface area contributed by atoms with Crippen LogP contribution in [0.1, 0.15) is 32.6 Å². The lowest BCUT2D eigenvalue weighted by molar-refractivity contribution is 0.0646. The first kappa shape index (κ1) is 14.7. The van der Waals surface area contributed by atoms with Crippen LogP contribution in [-0.4, -0.2) is 51.4 Å². The molecule has 0 aromatic rings. The number of unbranched alkanes of at least 4 members (excludes halogenated alkanes) is 3. The fourth-order valence-electron chi connectivity index (χ4n) is 2.84. The summed E-state index contributed by atoms with van der Waals surface area (Å²) >= 11 is 0. The quantitative estimate of drug-likeness (QED) is 0.500. The number of hydrogen-bond acceptors (Lipinski definition) is 4. The Morgan fingerprint density at radius 2 is 1.79 bits per heavy atom. The van der Waals surface area contributed by atoms with E-state index >= 15 is 0 Å². The zero-order valence-electron chi connectivity index (χ0n) is 12.0. The molecule has 0 saturated carbocycles. The maximum atomic E-state index is 5.79. The second-order valence-electron chi connectivity index (χ2n) is 5.65. The van der Waals surface area contributed by atoms with Crippen LogP contribution >= 0.6 is 0 Å². The number of aliphatic imine (C=N–C) groups is 2. The summed E-state index contributed by atoms with van der Waals surface area (Å²) < 4.78 is 11.6. The van der Waals surface area contributed by atoms with Crippen molar-refractivity contribution in [1.82, 2.24) is 0 Å². The third kappa shape index (κ3) is 4.11. The van der Waals surface area contributed by atoms with Crippen LogP contribution in [-0.2, 0) is 9.47 Å². The Labute approximate surface area is 116 Å². The van der Waals surface area contributed by atoms with Crippen molar-refractivity contribution in [3.63, 3.8) is 0 Å². The fourth-order valence-corrected chi connectivity index (χ4v) is 2.84. The normalized spacial score (nSPS) is 33.9. The van der Waals surface area contributed by atoms with Gasteiger partial charge in [0.15, 0.2) is 0 Å². The van der Waals surface area contributed by atoms with Gasteiger partial charge in [0.25, 0.3) is 0 Å². The van der Waals surface area contributed by atoms with Crippen LogP contribution in [0.25, 0.3) is 0 Å². The average Bonchev–Trinajstić information content (AvgIpc) is 2.97. The molecule has 0 bridgehead atoms. The molecule has 0 aromatic heterocycles. The molecule has 2 aliphatic heterocycles. The first-order valence-corrected chi connectivity index (χ1v) is 7.48. The maximum Gasteiger partial charge on any atom is 0.0939 e. The van der Waals surface area contributed by atoms with Gasteiger partial charge in [-0.1, -0.05) is 19.8 Å². The topological polar surface area (TPSA) is 43.2 Å². The van der Waals surface area contributed by atoms with Gasteiger partial charge < -0.3 is 14.5 Å². The lowest BCUT2D eigenvalue weighted by atomic mass is 9.98. The molecule has 0 spiro atoms. The first-order valence-electron chi connectivity index (χ1n) is 7.48. The number of rotatable bonds is 8. The fraction of sp³-hybridized carbons (Fsp3) is 0.867. The van der Waals surface area contributed by atoms with Crippen molar-refractivity contribution < 1.29 is 9.47 Å². The van der Waals surface area contributed by atoms with Crippen LogP contribution in [0.15, 0.2) is 9.98 Å². The second kappa shape index (κ2) is 7.75. The van der Waals surface area contributed by atoms with Crippen molar-refractivity contribution in [1.29, 1.82) is 0 Å². The zero-order valence-corrected chi connectivity index (χ0v) is 12.0. The Kier molecular flexibility index (Phi) is 5.98. The Balaban J connectivity index is 1.57. The monoisotopic (exact) mass is 266 g/mol. The summed E-state index contributed by atoms with van der Waals surface area (Å²) in [5.74, 6) is 0.891. The van der Waals surface area contributed by atoms with Gasteiger partial charge in [0.1, 0.15) is 0 Å². The Morgan fingerprint density at radius 3 is 2.58 bits per heavy atom. The number of fused-ring (bicyclic) bond motifs is 1. The summed E-state index contributed by atoms with van der Waals surface area (Å²) in [6.45, 7) is 9.10. The highest BCUT2D eigenvalue weighted by molar-refractivity contribution is 5.62. The molecule has 0 radical (unpaired) electrons. The summed E-state index contributed by atoms with van der Waals surface area (Å²) in [7, 11) is 0. The number of hydrogen-bond donors (Lipinski definition) is 0. The molecule has 0 aliphatic carbocycles. The van der Waals surface area contributed by atoms with Crippen molar-refractivity contribution in [3.8, 4) is 0 Å². The van der Waals surface area contributed by atoms with E-state index in [1.807, 2.05) is 0 Å². The molecule has 4 heteroatoms. The van der Waals surface area contributed by atoms with E-state index in [1.165, 1.54) is 12.8 Å². The minimum Gasteiger partial charge on any atom is -0.374 e. The van der Waals surface area contributed by atoms with Crippen LogP contribution in [0.4, 0.5) is 0 Å². The van der Waals surface area contributed by atoms with Crippen LogP contribution < -0.4 is 0 Å². The van der Waals surface area contributed by atoms with E-state index in [0.717, 1.165) is 39.1 Å². The molecule has 2 heterocycles. The molecule has 0 amide bonds. The third-order valence-corrected chi connectivity index (χ3v) is 3.99. The SMILES string of the molecule is C=NCCCCCC/N=C/[C@H]1COC2C1OC[C@H]2C. The molecule has 4 nitrogen and oxygen atoms in total. The van der Waals surface area contributed by atoms with Crippen LogP contribution in [0.2, 0.25) is 0 Å². The molecule has 2 aliphatic rings. The Bertz CT molecular complexity index is 307. The van der Waals surface area contributed by atoms with Crippen LogP contribution in [0, 0.1) is 11.8 Å². The Morgan fingerprint density at radius 1 is 1.05 bits per heavy atom. The van der Waals surface area contributed by atoms with Gasteiger partial charge >= 0.3 is 0 Å². The average molecular weight is 266 g/mol. The van der Waals surface area contributed by atoms with E-state index < -0.39 is 0 Å². The lowest BCUT2D eigenvalue weighted by Crippen LogP contribution is -2.25. The van der Waals surface area contributed by atoms with Gasteiger partial charge in [-0.25, -0.2) is 0 Å². The number of nitrogens with zero attached hydrogens (tertiary/aromatic N) is 2. The standard InChI is InChI=1S/C15H26N2O2/c1-12-10-18-15-13(11-19-14(12)15)9-17-8-6-4-3-5-7-16-2/h9,12-15H,2-8,10-11H2,1H3/b17-9+/t12-,13+,14?,15?/m1/s1.